The highest BCUT2D eigenvalue weighted by atomic mass is 35.5. The van der Waals surface area contributed by atoms with Crippen LogP contribution in [0.25, 0.3) is 33.2 Å². The van der Waals surface area contributed by atoms with Gasteiger partial charge in [-0.25, -0.2) is 14.1 Å². The number of aromatic nitrogens is 3. The quantitative estimate of drug-likeness (QED) is 0.321. The second kappa shape index (κ2) is 8.01. The molecule has 0 unspecified atom stereocenters. The second-order valence-electron chi connectivity index (χ2n) is 7.02. The van der Waals surface area contributed by atoms with Gasteiger partial charge in [0.25, 0.3) is 0 Å². The zero-order valence-electron chi connectivity index (χ0n) is 16.8. The lowest BCUT2D eigenvalue weighted by atomic mass is 10.1. The van der Waals surface area contributed by atoms with Crippen molar-refractivity contribution in [2.75, 3.05) is 0 Å². The second-order valence-corrected chi connectivity index (χ2v) is 8.31. The Bertz CT molecular complexity index is 1240. The Balaban J connectivity index is 1.73. The molecule has 0 aliphatic heterocycles. The number of ether oxygens (including phenoxy) is 1. The average molecular weight is 464 g/mol. The first-order chi connectivity index (χ1) is 14.6. The van der Waals surface area contributed by atoms with Gasteiger partial charge in [-0.1, -0.05) is 29.8 Å². The summed E-state index contributed by atoms with van der Waals surface area (Å²) in [4.78, 5) is 5.40. The minimum atomic E-state index is -3.27. The van der Waals surface area contributed by atoms with Crippen molar-refractivity contribution in [2.45, 2.75) is 20.0 Å². The molecular weight excluding hydrogens is 447 g/mol. The summed E-state index contributed by atoms with van der Waals surface area (Å²) < 4.78 is 47.0. The molecule has 4 aromatic rings. The van der Waals surface area contributed by atoms with E-state index < -0.39 is 11.9 Å². The first-order valence-corrected chi connectivity index (χ1v) is 10.5. The number of hydrogen-bond acceptors (Lipinski definition) is 4. The van der Waals surface area contributed by atoms with Gasteiger partial charge in [0.15, 0.2) is 11.6 Å². The van der Waals surface area contributed by atoms with Crippen molar-refractivity contribution >= 4 is 22.9 Å². The average Bonchev–Trinajstić information content (AvgIpc) is 3.23. The van der Waals surface area contributed by atoms with Crippen molar-refractivity contribution in [3.63, 3.8) is 0 Å². The summed E-state index contributed by atoms with van der Waals surface area (Å²) in [7, 11) is 1.72. The molecule has 2 heterocycles. The minimum absolute atomic E-state index is 0.0782. The highest BCUT2D eigenvalue weighted by molar-refractivity contribution is 7.14. The molecule has 0 saturated carbocycles. The van der Waals surface area contributed by atoms with Crippen LogP contribution >= 0.6 is 22.9 Å². The first kappa shape index (κ1) is 21.4. The lowest BCUT2D eigenvalue weighted by Gasteiger charge is -2.13. The van der Waals surface area contributed by atoms with Gasteiger partial charge in [0.2, 0.25) is 0 Å². The zero-order chi connectivity index (χ0) is 22.3. The fourth-order valence-corrected chi connectivity index (χ4v) is 4.58. The molecule has 0 N–H and O–H groups in total. The van der Waals surface area contributed by atoms with Gasteiger partial charge in [0.1, 0.15) is 11.6 Å². The van der Waals surface area contributed by atoms with Crippen LogP contribution in [0.2, 0.25) is 5.02 Å². The van der Waals surface area contributed by atoms with Crippen LogP contribution in [0.3, 0.4) is 0 Å². The number of alkyl halides is 2. The van der Waals surface area contributed by atoms with E-state index in [9.17, 15) is 13.2 Å². The molecule has 0 saturated heterocycles. The van der Waals surface area contributed by atoms with Gasteiger partial charge in [-0.2, -0.15) is 13.9 Å². The molecule has 4 rings (SSSR count). The Morgan fingerprint density at radius 3 is 2.61 bits per heavy atom. The predicted octanol–water partition coefficient (Wildman–Crippen LogP) is 6.97. The lowest BCUT2D eigenvalue weighted by Crippen LogP contribution is -2.18. The minimum Gasteiger partial charge on any atom is -0.433 e. The van der Waals surface area contributed by atoms with Crippen LogP contribution in [0, 0.1) is 12.7 Å². The molecule has 0 aliphatic carbocycles. The van der Waals surface area contributed by atoms with E-state index in [1.54, 1.807) is 29.9 Å². The third kappa shape index (κ3) is 4.31. The van der Waals surface area contributed by atoms with E-state index in [4.69, 9.17) is 11.6 Å². The monoisotopic (exact) mass is 463 g/mol. The van der Waals surface area contributed by atoms with Gasteiger partial charge in [0, 0.05) is 29.8 Å². The number of benzene rings is 2. The van der Waals surface area contributed by atoms with Crippen LogP contribution in [0.1, 0.15) is 12.5 Å². The summed E-state index contributed by atoms with van der Waals surface area (Å²) in [5.74, 6) is 0.307. The summed E-state index contributed by atoms with van der Waals surface area (Å²) in [5, 5.41) is 6.47. The van der Waals surface area contributed by atoms with Crippen molar-refractivity contribution in [3.8, 4) is 39.0 Å². The number of halogens is 4. The van der Waals surface area contributed by atoms with Crippen LogP contribution in [0.4, 0.5) is 13.2 Å². The van der Waals surface area contributed by atoms with E-state index in [0.29, 0.717) is 12.7 Å². The molecule has 0 atom stereocenters. The zero-order valence-corrected chi connectivity index (χ0v) is 18.4. The molecule has 0 aliphatic rings. The molecule has 9 heteroatoms. The largest absolute Gasteiger partial charge is 0.433 e. The molecule has 2 aromatic carbocycles. The molecule has 0 spiro atoms. The van der Waals surface area contributed by atoms with Crippen LogP contribution < -0.4 is 4.74 Å². The van der Waals surface area contributed by atoms with Crippen LogP contribution in [-0.4, -0.2) is 20.9 Å². The highest BCUT2D eigenvalue weighted by Crippen LogP contribution is 2.39. The third-order valence-electron chi connectivity index (χ3n) is 4.62. The summed E-state index contributed by atoms with van der Waals surface area (Å²) >= 11 is 7.60. The van der Waals surface area contributed by atoms with E-state index in [2.05, 4.69) is 14.8 Å². The van der Waals surface area contributed by atoms with Crippen LogP contribution in [0.15, 0.2) is 47.8 Å². The van der Waals surface area contributed by atoms with Gasteiger partial charge in [-0.3, -0.25) is 0 Å². The molecule has 4 nitrogen and oxygen atoms in total. The van der Waals surface area contributed by atoms with Crippen molar-refractivity contribution in [2.24, 2.45) is 7.05 Å². The Morgan fingerprint density at radius 1 is 1.16 bits per heavy atom. The maximum absolute atomic E-state index is 14.3. The van der Waals surface area contributed by atoms with Crippen LogP contribution in [0.5, 0.6) is 5.75 Å². The smallest absolute Gasteiger partial charge is 0.394 e. The molecular formula is C22H17ClF3N3OS. The Hall–Kier alpha value is -2.84. The molecule has 0 fully saturated rings. The van der Waals surface area contributed by atoms with Crippen molar-refractivity contribution in [1.82, 2.24) is 14.8 Å². The Kier molecular flexibility index (Phi) is 5.53. The summed E-state index contributed by atoms with van der Waals surface area (Å²) in [5.41, 5.74) is 2.59. The summed E-state index contributed by atoms with van der Waals surface area (Å²) in [6, 6.07) is 10.9. The van der Waals surface area contributed by atoms with E-state index in [0.717, 1.165) is 21.6 Å². The molecule has 0 radical (unpaired) electrons. The lowest BCUT2D eigenvalue weighted by molar-refractivity contribution is -0.158. The molecule has 2 aromatic heterocycles. The summed E-state index contributed by atoms with van der Waals surface area (Å²) in [6.45, 7) is 2.61. The number of nitrogens with zero attached hydrogens (tertiary/aromatic N) is 3. The summed E-state index contributed by atoms with van der Waals surface area (Å²) in [6.07, 6.45) is -3.27. The highest BCUT2D eigenvalue weighted by Gasteiger charge is 2.24. The Morgan fingerprint density at radius 2 is 1.90 bits per heavy atom. The normalized spacial score (nSPS) is 11.7. The topological polar surface area (TPSA) is 39.9 Å². The fraction of sp³-hybridized carbons (Fsp3) is 0.182. The van der Waals surface area contributed by atoms with E-state index in [1.165, 1.54) is 29.5 Å². The fourth-order valence-electron chi connectivity index (χ4n) is 3.27. The first-order valence-electron chi connectivity index (χ1n) is 9.25. The Labute approximate surface area is 185 Å². The molecule has 0 amide bonds. The third-order valence-corrected chi connectivity index (χ3v) is 6.07. The van der Waals surface area contributed by atoms with Gasteiger partial charge in [0.05, 0.1) is 10.6 Å². The standard InChI is InChI=1S/C22H17ClF3N3OS/c1-12-15(11-31-19(12)13-6-4-7-14(10-13)30-22(2,25)26)21-27-20(28-29(21)3)18-16(23)8-5-9-17(18)24/h4-11H,1-3H3. The van der Waals surface area contributed by atoms with Crippen molar-refractivity contribution in [1.29, 1.82) is 0 Å². The predicted molar refractivity (Wildman–Crippen MR) is 116 cm³/mol. The van der Waals surface area contributed by atoms with Gasteiger partial charge in [-0.15, -0.1) is 11.3 Å². The van der Waals surface area contributed by atoms with E-state index in [-0.39, 0.29) is 22.2 Å². The maximum atomic E-state index is 14.3. The number of aryl methyl sites for hydroxylation is 1. The van der Waals surface area contributed by atoms with Crippen molar-refractivity contribution < 1.29 is 17.9 Å². The molecule has 160 valence electrons. The van der Waals surface area contributed by atoms with E-state index >= 15 is 0 Å². The maximum Gasteiger partial charge on any atom is 0.394 e. The number of thiophene rings is 1. The van der Waals surface area contributed by atoms with Crippen LogP contribution in [-0.2, 0) is 7.05 Å². The number of rotatable bonds is 5. The van der Waals surface area contributed by atoms with Gasteiger partial charge >= 0.3 is 6.11 Å². The SMILES string of the molecule is Cc1c(-c2nc(-c3c(F)cccc3Cl)nn2C)csc1-c1cccc(OC(C)(F)F)c1. The van der Waals surface area contributed by atoms with E-state index in [1.807, 2.05) is 18.4 Å². The molecule has 31 heavy (non-hydrogen) atoms. The number of hydrogen-bond donors (Lipinski definition) is 0. The van der Waals surface area contributed by atoms with Crippen molar-refractivity contribution in [3.05, 3.63) is 64.2 Å². The van der Waals surface area contributed by atoms with Gasteiger partial charge < -0.3 is 4.74 Å². The van der Waals surface area contributed by atoms with Gasteiger partial charge in [-0.05, 0) is 42.3 Å². The molecule has 0 bridgehead atoms.